The van der Waals surface area contributed by atoms with Crippen molar-refractivity contribution < 1.29 is 27.9 Å². The molecule has 1 aliphatic heterocycles. The molecular formula is C15H16F2N2O4. The van der Waals surface area contributed by atoms with Crippen molar-refractivity contribution in [2.45, 2.75) is 25.5 Å². The average Bonchev–Trinajstić information content (AvgIpc) is 3.03. The molecule has 0 N–H and O–H groups in total. The standard InChI is InChI=1S/C15H16F2N2O4/c1-8(15(21)22-3)19(2)14(20)13-7-12(18-23-13)10-6-9(16)4-5-11(10)17/h4-6,8,13H,7H2,1-3H3/t8-,13-/m0/s1. The zero-order valence-electron chi connectivity index (χ0n) is 12.9. The van der Waals surface area contributed by atoms with Gasteiger partial charge in [0.25, 0.3) is 5.91 Å². The van der Waals surface area contributed by atoms with Gasteiger partial charge in [0, 0.05) is 19.0 Å². The molecule has 0 spiro atoms. The monoisotopic (exact) mass is 326 g/mol. The molecule has 0 saturated carbocycles. The molecule has 6 nitrogen and oxygen atoms in total. The number of rotatable bonds is 4. The van der Waals surface area contributed by atoms with Crippen LogP contribution in [0.4, 0.5) is 8.78 Å². The number of esters is 1. The van der Waals surface area contributed by atoms with E-state index in [0.29, 0.717) is 0 Å². The third-order valence-electron chi connectivity index (χ3n) is 3.65. The lowest BCUT2D eigenvalue weighted by atomic mass is 10.0. The fourth-order valence-electron chi connectivity index (χ4n) is 2.13. The minimum Gasteiger partial charge on any atom is -0.467 e. The molecule has 2 atom stereocenters. The molecule has 1 heterocycles. The number of halogens is 2. The molecule has 0 unspecified atom stereocenters. The number of hydrogen-bond acceptors (Lipinski definition) is 5. The summed E-state index contributed by atoms with van der Waals surface area (Å²) in [5.41, 5.74) is 0.0865. The highest BCUT2D eigenvalue weighted by Crippen LogP contribution is 2.21. The van der Waals surface area contributed by atoms with Crippen molar-refractivity contribution in [2.24, 2.45) is 5.16 Å². The largest absolute Gasteiger partial charge is 0.467 e. The van der Waals surface area contributed by atoms with Crippen LogP contribution in [0.5, 0.6) is 0 Å². The number of benzene rings is 1. The quantitative estimate of drug-likeness (QED) is 0.786. The van der Waals surface area contributed by atoms with Gasteiger partial charge in [0.2, 0.25) is 6.10 Å². The molecule has 0 aromatic heterocycles. The number of amides is 1. The molecule has 1 aromatic carbocycles. The van der Waals surface area contributed by atoms with Gasteiger partial charge >= 0.3 is 5.97 Å². The van der Waals surface area contributed by atoms with E-state index >= 15 is 0 Å². The smallest absolute Gasteiger partial charge is 0.328 e. The van der Waals surface area contributed by atoms with Crippen molar-refractivity contribution in [1.29, 1.82) is 0 Å². The lowest BCUT2D eigenvalue weighted by Crippen LogP contribution is -2.45. The molecule has 0 radical (unpaired) electrons. The van der Waals surface area contributed by atoms with Crippen LogP contribution in [0.1, 0.15) is 18.9 Å². The second-order valence-electron chi connectivity index (χ2n) is 5.11. The molecule has 0 aliphatic carbocycles. The van der Waals surface area contributed by atoms with Crippen molar-refractivity contribution in [3.63, 3.8) is 0 Å². The summed E-state index contributed by atoms with van der Waals surface area (Å²) in [6.45, 7) is 1.51. The van der Waals surface area contributed by atoms with Crippen LogP contribution in [0, 0.1) is 11.6 Å². The molecule has 2 rings (SSSR count). The van der Waals surface area contributed by atoms with E-state index in [-0.39, 0.29) is 17.7 Å². The van der Waals surface area contributed by atoms with E-state index in [2.05, 4.69) is 9.89 Å². The first-order chi connectivity index (χ1) is 10.8. The Labute approximate surface area is 131 Å². The Morgan fingerprint density at radius 3 is 2.78 bits per heavy atom. The van der Waals surface area contributed by atoms with Crippen molar-refractivity contribution in [2.75, 3.05) is 14.2 Å². The van der Waals surface area contributed by atoms with E-state index in [0.717, 1.165) is 23.1 Å². The Hall–Kier alpha value is -2.51. The maximum Gasteiger partial charge on any atom is 0.328 e. The van der Waals surface area contributed by atoms with Gasteiger partial charge in [-0.2, -0.15) is 0 Å². The van der Waals surface area contributed by atoms with Crippen molar-refractivity contribution in [3.8, 4) is 0 Å². The summed E-state index contributed by atoms with van der Waals surface area (Å²) in [6.07, 6.45) is -1.01. The normalized spacial score (nSPS) is 18.0. The lowest BCUT2D eigenvalue weighted by molar-refractivity contribution is -0.154. The SMILES string of the molecule is COC(=O)[C@H](C)N(C)C(=O)[C@@H]1CC(c2cc(F)ccc2F)=NO1. The van der Waals surface area contributed by atoms with Crippen LogP contribution in [0.25, 0.3) is 0 Å². The van der Waals surface area contributed by atoms with Gasteiger partial charge < -0.3 is 14.5 Å². The average molecular weight is 326 g/mol. The number of hydrogen-bond donors (Lipinski definition) is 0. The van der Waals surface area contributed by atoms with Gasteiger partial charge in [-0.3, -0.25) is 4.79 Å². The van der Waals surface area contributed by atoms with Crippen LogP contribution in [-0.4, -0.2) is 48.8 Å². The third kappa shape index (κ3) is 3.46. The van der Waals surface area contributed by atoms with E-state index in [1.807, 2.05) is 0 Å². The molecule has 1 aromatic rings. The van der Waals surface area contributed by atoms with E-state index < -0.39 is 35.7 Å². The van der Waals surface area contributed by atoms with Crippen molar-refractivity contribution >= 4 is 17.6 Å². The van der Waals surface area contributed by atoms with Crippen LogP contribution < -0.4 is 0 Å². The van der Waals surface area contributed by atoms with Gasteiger partial charge in [-0.15, -0.1) is 0 Å². The van der Waals surface area contributed by atoms with Crippen LogP contribution in [-0.2, 0) is 19.2 Å². The van der Waals surface area contributed by atoms with E-state index in [9.17, 15) is 18.4 Å². The predicted molar refractivity (Wildman–Crippen MR) is 76.6 cm³/mol. The second-order valence-corrected chi connectivity index (χ2v) is 5.11. The summed E-state index contributed by atoms with van der Waals surface area (Å²) >= 11 is 0. The van der Waals surface area contributed by atoms with E-state index in [4.69, 9.17) is 4.84 Å². The first-order valence-electron chi connectivity index (χ1n) is 6.87. The fraction of sp³-hybridized carbons (Fsp3) is 0.400. The number of ether oxygens (including phenoxy) is 1. The Balaban J connectivity index is 2.08. The summed E-state index contributed by atoms with van der Waals surface area (Å²) in [7, 11) is 2.64. The Morgan fingerprint density at radius 1 is 1.43 bits per heavy atom. The Bertz CT molecular complexity index is 663. The molecule has 0 bridgehead atoms. The molecule has 1 amide bonds. The molecule has 124 valence electrons. The second kappa shape index (κ2) is 6.72. The summed E-state index contributed by atoms with van der Waals surface area (Å²) in [5.74, 6) is -2.34. The Kier molecular flexibility index (Phi) is 4.92. The van der Waals surface area contributed by atoms with E-state index in [1.165, 1.54) is 21.1 Å². The minimum atomic E-state index is -0.996. The number of methoxy groups -OCH3 is 1. The number of carbonyl (C=O) groups is 2. The molecule has 0 saturated heterocycles. The molecule has 8 heteroatoms. The number of nitrogens with zero attached hydrogens (tertiary/aromatic N) is 2. The summed E-state index contributed by atoms with van der Waals surface area (Å²) in [4.78, 5) is 29.9. The number of carbonyl (C=O) groups excluding carboxylic acids is 2. The predicted octanol–water partition coefficient (Wildman–Crippen LogP) is 1.48. The van der Waals surface area contributed by atoms with Gasteiger partial charge in [0.15, 0.2) is 0 Å². The van der Waals surface area contributed by atoms with Gasteiger partial charge in [-0.1, -0.05) is 5.16 Å². The van der Waals surface area contributed by atoms with Crippen molar-refractivity contribution in [3.05, 3.63) is 35.4 Å². The minimum absolute atomic E-state index is 0.0164. The van der Waals surface area contributed by atoms with Gasteiger partial charge in [0.1, 0.15) is 17.7 Å². The number of oxime groups is 1. The van der Waals surface area contributed by atoms with Crippen LogP contribution in [0.15, 0.2) is 23.4 Å². The highest BCUT2D eigenvalue weighted by molar-refractivity contribution is 6.04. The Morgan fingerprint density at radius 2 is 2.13 bits per heavy atom. The lowest BCUT2D eigenvalue weighted by Gasteiger charge is -2.24. The van der Waals surface area contributed by atoms with E-state index in [1.54, 1.807) is 0 Å². The first kappa shape index (κ1) is 16.9. The fourth-order valence-corrected chi connectivity index (χ4v) is 2.13. The summed E-state index contributed by atoms with van der Waals surface area (Å²) < 4.78 is 31.5. The van der Waals surface area contributed by atoms with Gasteiger partial charge in [-0.25, -0.2) is 13.6 Å². The molecule has 1 aliphatic rings. The van der Waals surface area contributed by atoms with Gasteiger partial charge in [-0.05, 0) is 25.1 Å². The highest BCUT2D eigenvalue weighted by Gasteiger charge is 2.35. The zero-order chi connectivity index (χ0) is 17.1. The summed E-state index contributed by atoms with van der Waals surface area (Å²) in [6, 6.07) is 2.16. The first-order valence-corrected chi connectivity index (χ1v) is 6.87. The highest BCUT2D eigenvalue weighted by atomic mass is 19.1. The molecule has 0 fully saturated rings. The number of likely N-dealkylation sites (N-methyl/N-ethyl adjacent to an activating group) is 1. The maximum absolute atomic E-state index is 13.7. The summed E-state index contributed by atoms with van der Waals surface area (Å²) in [5, 5.41) is 3.66. The molecular weight excluding hydrogens is 310 g/mol. The van der Waals surface area contributed by atoms with Gasteiger partial charge in [0.05, 0.1) is 12.8 Å². The zero-order valence-corrected chi connectivity index (χ0v) is 12.9. The topological polar surface area (TPSA) is 68.2 Å². The van der Waals surface area contributed by atoms with Crippen LogP contribution in [0.2, 0.25) is 0 Å². The maximum atomic E-state index is 13.7. The third-order valence-corrected chi connectivity index (χ3v) is 3.65. The van der Waals surface area contributed by atoms with Crippen LogP contribution >= 0.6 is 0 Å². The van der Waals surface area contributed by atoms with Crippen molar-refractivity contribution in [1.82, 2.24) is 4.90 Å². The van der Waals surface area contributed by atoms with Crippen LogP contribution in [0.3, 0.4) is 0 Å². The molecule has 23 heavy (non-hydrogen) atoms.